The SMILES string of the molecule is c1cc(-c2ccc(N3CCNCC3)nc2)nc(Nc2ccc3c(c2)OCO3)n1. The van der Waals surface area contributed by atoms with E-state index in [4.69, 9.17) is 9.47 Å². The maximum atomic E-state index is 5.41. The summed E-state index contributed by atoms with van der Waals surface area (Å²) >= 11 is 0. The highest BCUT2D eigenvalue weighted by atomic mass is 16.7. The second kappa shape index (κ2) is 7.32. The smallest absolute Gasteiger partial charge is 0.231 e. The number of nitrogens with zero attached hydrogens (tertiary/aromatic N) is 4. The van der Waals surface area contributed by atoms with Crippen LogP contribution in [-0.2, 0) is 0 Å². The number of aromatic nitrogens is 3. The number of hydrogen-bond donors (Lipinski definition) is 2. The van der Waals surface area contributed by atoms with Gasteiger partial charge in [-0.1, -0.05) is 0 Å². The van der Waals surface area contributed by atoms with Crippen molar-refractivity contribution in [3.8, 4) is 22.8 Å². The molecule has 0 aliphatic carbocycles. The van der Waals surface area contributed by atoms with Gasteiger partial charge >= 0.3 is 0 Å². The molecule has 0 spiro atoms. The van der Waals surface area contributed by atoms with Crippen molar-refractivity contribution in [3.05, 3.63) is 48.8 Å². The molecule has 28 heavy (non-hydrogen) atoms. The molecule has 8 nitrogen and oxygen atoms in total. The first-order chi connectivity index (χ1) is 13.8. The van der Waals surface area contributed by atoms with Crippen LogP contribution in [0.25, 0.3) is 11.3 Å². The lowest BCUT2D eigenvalue weighted by atomic mass is 10.2. The topological polar surface area (TPSA) is 84.4 Å². The Morgan fingerprint density at radius 3 is 2.71 bits per heavy atom. The summed E-state index contributed by atoms with van der Waals surface area (Å²) in [7, 11) is 0. The van der Waals surface area contributed by atoms with Gasteiger partial charge in [0.05, 0.1) is 5.69 Å². The first-order valence-electron chi connectivity index (χ1n) is 9.27. The number of nitrogens with one attached hydrogen (secondary N) is 2. The molecule has 0 radical (unpaired) electrons. The van der Waals surface area contributed by atoms with Crippen LogP contribution in [0.5, 0.6) is 11.5 Å². The van der Waals surface area contributed by atoms with Gasteiger partial charge in [-0.3, -0.25) is 0 Å². The number of rotatable bonds is 4. The van der Waals surface area contributed by atoms with Crippen molar-refractivity contribution in [2.75, 3.05) is 43.2 Å². The van der Waals surface area contributed by atoms with E-state index >= 15 is 0 Å². The average Bonchev–Trinajstić information content (AvgIpc) is 3.23. The summed E-state index contributed by atoms with van der Waals surface area (Å²) in [5.74, 6) is 2.98. The molecule has 0 unspecified atom stereocenters. The molecule has 2 aliphatic rings. The van der Waals surface area contributed by atoms with Crippen LogP contribution in [0.1, 0.15) is 0 Å². The lowest BCUT2D eigenvalue weighted by molar-refractivity contribution is 0.174. The summed E-state index contributed by atoms with van der Waals surface area (Å²) in [5, 5.41) is 6.57. The Hall–Kier alpha value is -3.39. The minimum Gasteiger partial charge on any atom is -0.454 e. The summed E-state index contributed by atoms with van der Waals surface area (Å²) in [5.41, 5.74) is 2.61. The van der Waals surface area contributed by atoms with E-state index in [1.807, 2.05) is 36.5 Å². The van der Waals surface area contributed by atoms with E-state index in [-0.39, 0.29) is 6.79 Å². The first-order valence-corrected chi connectivity index (χ1v) is 9.27. The van der Waals surface area contributed by atoms with Gasteiger partial charge in [0.2, 0.25) is 12.7 Å². The van der Waals surface area contributed by atoms with Crippen molar-refractivity contribution in [3.63, 3.8) is 0 Å². The van der Waals surface area contributed by atoms with E-state index in [1.54, 1.807) is 6.20 Å². The van der Waals surface area contributed by atoms with Gasteiger partial charge in [0.25, 0.3) is 0 Å². The van der Waals surface area contributed by atoms with Gasteiger partial charge in [-0.25, -0.2) is 15.0 Å². The maximum absolute atomic E-state index is 5.41. The fourth-order valence-electron chi connectivity index (χ4n) is 3.30. The molecule has 0 bridgehead atoms. The lowest BCUT2D eigenvalue weighted by Gasteiger charge is -2.28. The van der Waals surface area contributed by atoms with E-state index in [2.05, 4.69) is 36.6 Å². The molecule has 0 saturated carbocycles. The summed E-state index contributed by atoms with van der Waals surface area (Å²) in [6, 6.07) is 11.6. The Morgan fingerprint density at radius 1 is 0.964 bits per heavy atom. The number of anilines is 3. The molecular formula is C20H20N6O2. The predicted octanol–water partition coefficient (Wildman–Crippen LogP) is 2.42. The van der Waals surface area contributed by atoms with Gasteiger partial charge in [-0.05, 0) is 30.3 Å². The van der Waals surface area contributed by atoms with Crippen LogP contribution in [0.2, 0.25) is 0 Å². The van der Waals surface area contributed by atoms with Crippen LogP contribution < -0.4 is 25.0 Å². The quantitative estimate of drug-likeness (QED) is 0.718. The monoisotopic (exact) mass is 376 g/mol. The minimum absolute atomic E-state index is 0.252. The Labute approximate surface area is 162 Å². The molecular weight excluding hydrogens is 356 g/mol. The normalized spacial score (nSPS) is 15.5. The molecule has 1 aromatic carbocycles. The number of fused-ring (bicyclic) bond motifs is 1. The van der Waals surface area contributed by atoms with Crippen LogP contribution in [0.3, 0.4) is 0 Å². The van der Waals surface area contributed by atoms with Gasteiger partial charge in [0, 0.05) is 55.9 Å². The average molecular weight is 376 g/mol. The van der Waals surface area contributed by atoms with Crippen LogP contribution in [0, 0.1) is 0 Å². The fourth-order valence-corrected chi connectivity index (χ4v) is 3.30. The van der Waals surface area contributed by atoms with E-state index in [1.165, 1.54) is 0 Å². The lowest BCUT2D eigenvalue weighted by Crippen LogP contribution is -2.43. The summed E-state index contributed by atoms with van der Waals surface area (Å²) in [6.45, 7) is 4.18. The van der Waals surface area contributed by atoms with Crippen LogP contribution in [-0.4, -0.2) is 47.9 Å². The predicted molar refractivity (Wildman–Crippen MR) is 106 cm³/mol. The van der Waals surface area contributed by atoms with E-state index in [9.17, 15) is 0 Å². The van der Waals surface area contributed by atoms with Crippen LogP contribution in [0.15, 0.2) is 48.8 Å². The molecule has 0 amide bonds. The zero-order chi connectivity index (χ0) is 18.8. The largest absolute Gasteiger partial charge is 0.454 e. The third kappa shape index (κ3) is 3.41. The number of benzene rings is 1. The standard InChI is InChI=1S/C20H20N6O2/c1-4-19(26-9-7-21-8-10-26)23-12-14(1)16-5-6-22-20(25-16)24-15-2-3-17-18(11-15)28-13-27-17/h1-6,11-12,21H,7-10,13H2,(H,22,24,25). The van der Waals surface area contributed by atoms with Crippen molar-refractivity contribution < 1.29 is 9.47 Å². The molecule has 1 fully saturated rings. The molecule has 3 aromatic rings. The van der Waals surface area contributed by atoms with Gasteiger partial charge in [-0.15, -0.1) is 0 Å². The second-order valence-electron chi connectivity index (χ2n) is 6.60. The molecule has 2 aliphatic heterocycles. The van der Waals surface area contributed by atoms with Gasteiger partial charge < -0.3 is 25.0 Å². The van der Waals surface area contributed by atoms with E-state index < -0.39 is 0 Å². The summed E-state index contributed by atoms with van der Waals surface area (Å²) in [6.07, 6.45) is 3.60. The Morgan fingerprint density at radius 2 is 1.86 bits per heavy atom. The maximum Gasteiger partial charge on any atom is 0.231 e. The van der Waals surface area contributed by atoms with E-state index in [0.29, 0.717) is 11.7 Å². The van der Waals surface area contributed by atoms with Crippen molar-refractivity contribution >= 4 is 17.5 Å². The molecule has 4 heterocycles. The van der Waals surface area contributed by atoms with Gasteiger partial charge in [0.15, 0.2) is 11.5 Å². The van der Waals surface area contributed by atoms with Crippen LogP contribution >= 0.6 is 0 Å². The van der Waals surface area contributed by atoms with Crippen molar-refractivity contribution in [2.45, 2.75) is 0 Å². The van der Waals surface area contributed by atoms with Crippen LogP contribution in [0.4, 0.5) is 17.5 Å². The number of hydrogen-bond acceptors (Lipinski definition) is 8. The Kier molecular flexibility index (Phi) is 4.38. The third-order valence-corrected chi connectivity index (χ3v) is 4.77. The van der Waals surface area contributed by atoms with Gasteiger partial charge in [0.1, 0.15) is 5.82 Å². The van der Waals surface area contributed by atoms with E-state index in [0.717, 1.165) is 54.7 Å². The molecule has 142 valence electrons. The highest BCUT2D eigenvalue weighted by molar-refractivity contribution is 5.64. The first kappa shape index (κ1) is 16.8. The summed E-state index contributed by atoms with van der Waals surface area (Å²) < 4.78 is 10.8. The zero-order valence-corrected chi connectivity index (χ0v) is 15.3. The number of ether oxygens (including phenoxy) is 2. The molecule has 2 aromatic heterocycles. The fraction of sp³-hybridized carbons (Fsp3) is 0.250. The Bertz CT molecular complexity index is 973. The Balaban J connectivity index is 1.33. The van der Waals surface area contributed by atoms with Gasteiger partial charge in [-0.2, -0.15) is 0 Å². The highest BCUT2D eigenvalue weighted by Gasteiger charge is 2.14. The van der Waals surface area contributed by atoms with Crippen molar-refractivity contribution in [1.82, 2.24) is 20.3 Å². The van der Waals surface area contributed by atoms with Crippen molar-refractivity contribution in [1.29, 1.82) is 0 Å². The summed E-state index contributed by atoms with van der Waals surface area (Å²) in [4.78, 5) is 15.8. The highest BCUT2D eigenvalue weighted by Crippen LogP contribution is 2.34. The minimum atomic E-state index is 0.252. The molecule has 5 rings (SSSR count). The zero-order valence-electron chi connectivity index (χ0n) is 15.3. The molecule has 0 atom stereocenters. The second-order valence-corrected chi connectivity index (χ2v) is 6.60. The molecule has 2 N–H and O–H groups in total. The third-order valence-electron chi connectivity index (χ3n) is 4.77. The van der Waals surface area contributed by atoms with Crippen molar-refractivity contribution in [2.24, 2.45) is 0 Å². The number of piperazine rings is 1. The molecule has 8 heteroatoms. The molecule has 1 saturated heterocycles. The number of pyridine rings is 1.